The molecule has 0 saturated carbocycles. The van der Waals surface area contributed by atoms with Crippen LogP contribution in [0.4, 0.5) is 11.4 Å². The number of benzene rings is 1. The molecule has 9 heteroatoms. The average Bonchev–Trinajstić information content (AvgIpc) is 3.47. The van der Waals surface area contributed by atoms with Gasteiger partial charge in [-0.25, -0.2) is 0 Å². The van der Waals surface area contributed by atoms with E-state index in [2.05, 4.69) is 20.4 Å². The summed E-state index contributed by atoms with van der Waals surface area (Å²) in [6.07, 6.45) is 5.63. The van der Waals surface area contributed by atoms with Crippen LogP contribution in [-0.4, -0.2) is 71.9 Å². The Morgan fingerprint density at radius 1 is 1.06 bits per heavy atom. The first-order valence-electron chi connectivity index (χ1n) is 11.2. The summed E-state index contributed by atoms with van der Waals surface area (Å²) < 4.78 is 11.6. The van der Waals surface area contributed by atoms with E-state index in [4.69, 9.17) is 9.47 Å². The van der Waals surface area contributed by atoms with E-state index in [-0.39, 0.29) is 29.9 Å². The molecule has 3 saturated heterocycles. The molecule has 0 spiro atoms. The third kappa shape index (κ3) is 4.52. The fourth-order valence-corrected chi connectivity index (χ4v) is 4.38. The van der Waals surface area contributed by atoms with Crippen molar-refractivity contribution in [3.05, 3.63) is 42.7 Å². The molecule has 3 aliphatic heterocycles. The van der Waals surface area contributed by atoms with Crippen LogP contribution in [0.25, 0.3) is 0 Å². The fourth-order valence-electron chi connectivity index (χ4n) is 4.38. The van der Waals surface area contributed by atoms with Gasteiger partial charge in [-0.05, 0) is 43.2 Å². The van der Waals surface area contributed by atoms with E-state index in [1.807, 2.05) is 35.2 Å². The molecule has 168 valence electrons. The Balaban J connectivity index is 1.07. The van der Waals surface area contributed by atoms with Gasteiger partial charge in [-0.1, -0.05) is 0 Å². The number of likely N-dealkylation sites (tertiary alicyclic amines) is 1. The minimum Gasteiger partial charge on any atom is -0.489 e. The molecule has 2 aromatic rings. The molecule has 2 unspecified atom stereocenters. The number of amides is 2. The Labute approximate surface area is 186 Å². The predicted octanol–water partition coefficient (Wildman–Crippen LogP) is 1.71. The van der Waals surface area contributed by atoms with Gasteiger partial charge in [0.05, 0.1) is 30.5 Å². The Morgan fingerprint density at radius 3 is 2.62 bits per heavy atom. The van der Waals surface area contributed by atoms with Crippen LogP contribution >= 0.6 is 0 Å². The van der Waals surface area contributed by atoms with Crippen molar-refractivity contribution >= 4 is 23.2 Å². The number of rotatable bonds is 6. The number of nitrogens with zero attached hydrogens (tertiary/aromatic N) is 4. The Bertz CT molecular complexity index is 943. The summed E-state index contributed by atoms with van der Waals surface area (Å²) in [5.74, 6) is 0.779. The lowest BCUT2D eigenvalue weighted by atomic mass is 9.98. The molecule has 0 radical (unpaired) electrons. The van der Waals surface area contributed by atoms with Gasteiger partial charge in [-0.2, -0.15) is 10.2 Å². The van der Waals surface area contributed by atoms with Crippen LogP contribution in [0.2, 0.25) is 0 Å². The molecular weight excluding hydrogens is 410 g/mol. The van der Waals surface area contributed by atoms with Gasteiger partial charge in [0.2, 0.25) is 5.91 Å². The summed E-state index contributed by atoms with van der Waals surface area (Å²) in [5, 5.41) is 10.6. The Kier molecular flexibility index (Phi) is 5.89. The van der Waals surface area contributed by atoms with Crippen LogP contribution in [0.3, 0.4) is 0 Å². The predicted molar refractivity (Wildman–Crippen MR) is 117 cm³/mol. The quantitative estimate of drug-likeness (QED) is 0.735. The summed E-state index contributed by atoms with van der Waals surface area (Å²) >= 11 is 0. The average molecular weight is 438 g/mol. The fraction of sp³-hybridized carbons (Fsp3) is 0.478. The van der Waals surface area contributed by atoms with Crippen molar-refractivity contribution in [1.82, 2.24) is 15.1 Å². The normalized spacial score (nSPS) is 23.1. The molecule has 0 aliphatic carbocycles. The number of carbonyl (C=O) groups excluding carboxylic acids is 2. The van der Waals surface area contributed by atoms with Crippen molar-refractivity contribution in [3.8, 4) is 5.75 Å². The highest BCUT2D eigenvalue weighted by Gasteiger charge is 2.34. The highest BCUT2D eigenvalue weighted by Crippen LogP contribution is 2.26. The molecule has 2 atom stereocenters. The van der Waals surface area contributed by atoms with Gasteiger partial charge in [-0.3, -0.25) is 9.59 Å². The van der Waals surface area contributed by atoms with E-state index in [0.29, 0.717) is 32.8 Å². The van der Waals surface area contributed by atoms with E-state index in [1.54, 1.807) is 12.4 Å². The van der Waals surface area contributed by atoms with Gasteiger partial charge in [-0.15, -0.1) is 0 Å². The molecule has 0 bridgehead atoms. The van der Waals surface area contributed by atoms with Crippen LogP contribution in [-0.2, 0) is 14.3 Å². The topological polar surface area (TPSA) is 96.9 Å². The first kappa shape index (κ1) is 20.7. The number of anilines is 2. The molecule has 2 amide bonds. The minimum absolute atomic E-state index is 0.0102. The summed E-state index contributed by atoms with van der Waals surface area (Å²) in [6, 6.07) is 9.30. The number of ether oxygens (including phenoxy) is 2. The number of nitrogens with one attached hydrogen (secondary N) is 1. The first-order valence-corrected chi connectivity index (χ1v) is 11.2. The van der Waals surface area contributed by atoms with Crippen molar-refractivity contribution in [3.63, 3.8) is 0 Å². The van der Waals surface area contributed by atoms with Gasteiger partial charge < -0.3 is 24.6 Å². The molecule has 3 aliphatic rings. The lowest BCUT2D eigenvalue weighted by Gasteiger charge is -2.39. The molecule has 9 nitrogen and oxygen atoms in total. The lowest BCUT2D eigenvalue weighted by molar-refractivity contribution is -0.140. The third-order valence-corrected chi connectivity index (χ3v) is 6.27. The van der Waals surface area contributed by atoms with Crippen LogP contribution in [0.5, 0.6) is 5.75 Å². The summed E-state index contributed by atoms with van der Waals surface area (Å²) in [6.45, 7) is 3.30. The van der Waals surface area contributed by atoms with Crippen molar-refractivity contribution in [2.75, 3.05) is 43.0 Å². The van der Waals surface area contributed by atoms with E-state index < -0.39 is 0 Å². The molecule has 1 aromatic carbocycles. The highest BCUT2D eigenvalue weighted by molar-refractivity contribution is 5.94. The van der Waals surface area contributed by atoms with E-state index >= 15 is 0 Å². The zero-order valence-corrected chi connectivity index (χ0v) is 17.9. The number of hydrogen-bond acceptors (Lipinski definition) is 7. The van der Waals surface area contributed by atoms with Gasteiger partial charge in [0, 0.05) is 38.3 Å². The zero-order chi connectivity index (χ0) is 21.9. The molecule has 32 heavy (non-hydrogen) atoms. The number of carbonyl (C=O) groups is 2. The SMILES string of the molecule is O=C(Nc1ccc(OC2CCN(C(=O)C3CCCO3)C2)cc1)C1CN(c2ccnnc2)C1. The standard InChI is InChI=1S/C23H27N5O4/c29-22(16-13-28(14-16)18-7-9-24-25-12-18)26-17-3-5-19(6-4-17)32-20-8-10-27(15-20)23(30)21-2-1-11-31-21/h3-7,9,12,16,20-21H,1-2,8,10-11,13-15H2,(H,26,29). The molecule has 4 heterocycles. The highest BCUT2D eigenvalue weighted by atomic mass is 16.5. The number of hydrogen-bond donors (Lipinski definition) is 1. The molecule has 1 N–H and O–H groups in total. The van der Waals surface area contributed by atoms with Crippen molar-refractivity contribution in [2.24, 2.45) is 5.92 Å². The van der Waals surface area contributed by atoms with E-state index in [9.17, 15) is 9.59 Å². The zero-order valence-electron chi connectivity index (χ0n) is 17.9. The summed E-state index contributed by atoms with van der Waals surface area (Å²) in [5.41, 5.74) is 1.72. The monoisotopic (exact) mass is 437 g/mol. The van der Waals surface area contributed by atoms with Crippen molar-refractivity contribution in [2.45, 2.75) is 31.5 Å². The van der Waals surface area contributed by atoms with Gasteiger partial charge in [0.25, 0.3) is 5.91 Å². The maximum atomic E-state index is 12.5. The minimum atomic E-state index is -0.277. The second kappa shape index (κ2) is 9.12. The smallest absolute Gasteiger partial charge is 0.251 e. The Morgan fingerprint density at radius 2 is 1.91 bits per heavy atom. The molecular formula is C23H27N5O4. The summed E-state index contributed by atoms with van der Waals surface area (Å²) in [4.78, 5) is 28.9. The van der Waals surface area contributed by atoms with Crippen LogP contribution in [0.15, 0.2) is 42.7 Å². The summed E-state index contributed by atoms with van der Waals surface area (Å²) in [7, 11) is 0. The number of aromatic nitrogens is 2. The van der Waals surface area contributed by atoms with Crippen molar-refractivity contribution in [1.29, 1.82) is 0 Å². The van der Waals surface area contributed by atoms with Gasteiger partial charge in [0.1, 0.15) is 18.0 Å². The third-order valence-electron chi connectivity index (χ3n) is 6.27. The Hall–Kier alpha value is -3.20. The molecule has 3 fully saturated rings. The largest absolute Gasteiger partial charge is 0.489 e. The second-order valence-electron chi connectivity index (χ2n) is 8.53. The first-order chi connectivity index (χ1) is 15.7. The molecule has 1 aromatic heterocycles. The van der Waals surface area contributed by atoms with Crippen LogP contribution in [0, 0.1) is 5.92 Å². The molecule has 5 rings (SSSR count). The van der Waals surface area contributed by atoms with Crippen LogP contribution in [0.1, 0.15) is 19.3 Å². The van der Waals surface area contributed by atoms with Gasteiger partial charge in [0.15, 0.2) is 0 Å². The maximum absolute atomic E-state index is 12.5. The maximum Gasteiger partial charge on any atom is 0.251 e. The lowest BCUT2D eigenvalue weighted by Crippen LogP contribution is -2.52. The van der Waals surface area contributed by atoms with E-state index in [0.717, 1.165) is 36.4 Å². The van der Waals surface area contributed by atoms with Gasteiger partial charge >= 0.3 is 0 Å². The van der Waals surface area contributed by atoms with E-state index in [1.165, 1.54) is 0 Å². The van der Waals surface area contributed by atoms with Crippen LogP contribution < -0.4 is 15.0 Å². The van der Waals surface area contributed by atoms with Crippen molar-refractivity contribution < 1.29 is 19.1 Å². The second-order valence-corrected chi connectivity index (χ2v) is 8.53.